The van der Waals surface area contributed by atoms with Crippen molar-refractivity contribution in [1.82, 2.24) is 0 Å². The predicted molar refractivity (Wildman–Crippen MR) is 97.3 cm³/mol. The van der Waals surface area contributed by atoms with Gasteiger partial charge in [0.05, 0.1) is 13.2 Å². The fraction of sp³-hybridized carbons (Fsp3) is 0.882. The second kappa shape index (κ2) is 11.6. The largest absolute Gasteiger partial charge is 0.480 e. The van der Waals surface area contributed by atoms with Crippen LogP contribution in [0.15, 0.2) is 0 Å². The van der Waals surface area contributed by atoms with Gasteiger partial charge in [-0.15, -0.1) is 0 Å². The number of carbonyl (C=O) groups is 2. The molecular weight excluding hydrogens is 442 g/mol. The van der Waals surface area contributed by atoms with Gasteiger partial charge in [0.25, 0.3) is 0 Å². The number of aliphatic hydroxyl groups is 7. The maximum absolute atomic E-state index is 12.0. The number of aliphatic hydroxyl groups excluding tert-OH is 7. The van der Waals surface area contributed by atoms with Crippen LogP contribution in [0.4, 0.5) is 0 Å². The highest BCUT2D eigenvalue weighted by atomic mass is 16.8. The van der Waals surface area contributed by atoms with Crippen LogP contribution in [-0.4, -0.2) is 133 Å². The van der Waals surface area contributed by atoms with E-state index in [0.29, 0.717) is 0 Å². The molecule has 15 heteroatoms. The maximum Gasteiger partial charge on any atom is 0.320 e. The minimum absolute atomic E-state index is 0.280. The van der Waals surface area contributed by atoms with Crippen molar-refractivity contribution in [3.8, 4) is 0 Å². The van der Waals surface area contributed by atoms with Crippen molar-refractivity contribution in [2.45, 2.75) is 80.3 Å². The molecule has 0 saturated carbocycles. The van der Waals surface area contributed by atoms with Crippen LogP contribution in [-0.2, 0) is 28.5 Å². The van der Waals surface area contributed by atoms with E-state index in [1.807, 2.05) is 0 Å². The molecule has 32 heavy (non-hydrogen) atoms. The normalized spacial score (nSPS) is 41.1. The topological polar surface area (TPSA) is 259 Å². The molecule has 2 aliphatic rings. The van der Waals surface area contributed by atoms with Gasteiger partial charge in [0, 0.05) is 6.42 Å². The number of carbonyl (C=O) groups excluding carboxylic acids is 1. The van der Waals surface area contributed by atoms with Crippen molar-refractivity contribution in [1.29, 1.82) is 0 Å². The number of carboxylic acids is 1. The monoisotopic (exact) mass is 471 g/mol. The molecule has 0 aromatic heterocycles. The average molecular weight is 471 g/mol. The van der Waals surface area contributed by atoms with E-state index in [-0.39, 0.29) is 6.42 Å². The molecule has 0 unspecified atom stereocenters. The molecule has 0 spiro atoms. The van der Waals surface area contributed by atoms with Gasteiger partial charge in [0.1, 0.15) is 48.8 Å². The third kappa shape index (κ3) is 6.09. The van der Waals surface area contributed by atoms with Crippen molar-refractivity contribution in [3.05, 3.63) is 0 Å². The zero-order chi connectivity index (χ0) is 24.2. The van der Waals surface area contributed by atoms with Crippen LogP contribution in [0.3, 0.4) is 0 Å². The van der Waals surface area contributed by atoms with E-state index in [0.717, 1.165) is 0 Å². The lowest BCUT2D eigenvalue weighted by molar-refractivity contribution is -0.376. The zero-order valence-corrected chi connectivity index (χ0v) is 16.8. The molecule has 2 aliphatic heterocycles. The number of rotatable bonds is 9. The summed E-state index contributed by atoms with van der Waals surface area (Å²) < 4.78 is 20.7. The van der Waals surface area contributed by atoms with Crippen LogP contribution in [0.25, 0.3) is 0 Å². The summed E-state index contributed by atoms with van der Waals surface area (Å²) in [6.45, 7) is -1.53. The highest BCUT2D eigenvalue weighted by molar-refractivity contribution is 5.75. The molecule has 2 saturated heterocycles. The summed E-state index contributed by atoms with van der Waals surface area (Å²) in [6.07, 6.45) is -17.5. The molecule has 0 aromatic carbocycles. The molecule has 2 heterocycles. The third-order valence-electron chi connectivity index (χ3n) is 5.18. The quantitative estimate of drug-likeness (QED) is 0.142. The Morgan fingerprint density at radius 3 is 1.91 bits per heavy atom. The number of nitrogens with two attached hydrogens (primary N) is 1. The molecule has 0 aromatic rings. The minimum Gasteiger partial charge on any atom is -0.480 e. The summed E-state index contributed by atoms with van der Waals surface area (Å²) >= 11 is 0. The Morgan fingerprint density at radius 1 is 0.844 bits per heavy atom. The van der Waals surface area contributed by atoms with E-state index in [1.54, 1.807) is 0 Å². The van der Waals surface area contributed by atoms with Crippen LogP contribution in [0, 0.1) is 0 Å². The summed E-state index contributed by atoms with van der Waals surface area (Å²) in [6, 6.07) is -1.33. The van der Waals surface area contributed by atoms with E-state index < -0.39 is 99.0 Å². The van der Waals surface area contributed by atoms with Gasteiger partial charge in [-0.25, -0.2) is 0 Å². The Labute approximate surface area is 181 Å². The van der Waals surface area contributed by atoms with Crippen LogP contribution in [0.2, 0.25) is 0 Å². The first-order chi connectivity index (χ1) is 15.0. The van der Waals surface area contributed by atoms with Gasteiger partial charge in [0.15, 0.2) is 18.7 Å². The summed E-state index contributed by atoms with van der Waals surface area (Å²) in [5.74, 6) is -2.34. The van der Waals surface area contributed by atoms with Gasteiger partial charge in [0.2, 0.25) is 0 Å². The first-order valence-corrected chi connectivity index (χ1v) is 9.78. The van der Waals surface area contributed by atoms with Crippen molar-refractivity contribution in [2.75, 3.05) is 13.2 Å². The van der Waals surface area contributed by atoms with Crippen LogP contribution < -0.4 is 5.73 Å². The molecule has 186 valence electrons. The first-order valence-electron chi connectivity index (χ1n) is 9.78. The molecule has 15 nitrogen and oxygen atoms in total. The first kappa shape index (κ1) is 26.7. The van der Waals surface area contributed by atoms with E-state index >= 15 is 0 Å². The highest BCUT2D eigenvalue weighted by Crippen LogP contribution is 2.29. The number of esters is 1. The van der Waals surface area contributed by atoms with Crippen molar-refractivity contribution < 1.29 is 69.4 Å². The Hall–Kier alpha value is -1.50. The molecule has 0 amide bonds. The smallest absolute Gasteiger partial charge is 0.320 e. The van der Waals surface area contributed by atoms with Gasteiger partial charge < -0.3 is 65.5 Å². The van der Waals surface area contributed by atoms with Gasteiger partial charge in [-0.05, 0) is 6.42 Å². The average Bonchev–Trinajstić information content (AvgIpc) is 2.76. The minimum atomic E-state index is -1.88. The third-order valence-corrected chi connectivity index (χ3v) is 5.18. The lowest BCUT2D eigenvalue weighted by Crippen LogP contribution is -2.64. The Morgan fingerprint density at radius 2 is 1.38 bits per heavy atom. The van der Waals surface area contributed by atoms with Crippen LogP contribution >= 0.6 is 0 Å². The number of carboxylic acid groups (broad SMARTS) is 1. The van der Waals surface area contributed by atoms with Gasteiger partial charge in [-0.1, -0.05) is 0 Å². The standard InChI is InChI=1S/C17H29NO14/c18-5(15(27)28)1-2-8(21)31-14-10(23)7(4-20)30-17(13(14)26)32-16-12(25)11(24)9(22)6(3-19)29-16/h5-7,9-14,16-17,19-20,22-26H,1-4,18H2,(H,27,28)/t5-,6+,7+,9+,10+,11-,12+,13+,14-,16+,17+/m0/s1. The summed E-state index contributed by atoms with van der Waals surface area (Å²) in [7, 11) is 0. The van der Waals surface area contributed by atoms with E-state index in [1.165, 1.54) is 0 Å². The fourth-order valence-electron chi connectivity index (χ4n) is 3.22. The summed E-state index contributed by atoms with van der Waals surface area (Å²) in [5.41, 5.74) is 5.31. The number of ether oxygens (including phenoxy) is 4. The van der Waals surface area contributed by atoms with Crippen molar-refractivity contribution in [2.24, 2.45) is 5.73 Å². The molecule has 11 atom stereocenters. The zero-order valence-electron chi connectivity index (χ0n) is 16.8. The highest BCUT2D eigenvalue weighted by Gasteiger charge is 2.51. The van der Waals surface area contributed by atoms with E-state index in [2.05, 4.69) is 0 Å². The summed E-state index contributed by atoms with van der Waals surface area (Å²) in [5, 5.41) is 77.9. The fourth-order valence-corrected chi connectivity index (χ4v) is 3.22. The summed E-state index contributed by atoms with van der Waals surface area (Å²) in [4.78, 5) is 22.8. The Bertz CT molecular complexity index is 634. The predicted octanol–water partition coefficient (Wildman–Crippen LogP) is -5.65. The number of hydrogen-bond acceptors (Lipinski definition) is 14. The molecule has 0 aliphatic carbocycles. The van der Waals surface area contributed by atoms with E-state index in [9.17, 15) is 45.3 Å². The second-order valence-electron chi connectivity index (χ2n) is 7.48. The SMILES string of the molecule is N[C@@H](CCC(=O)O[C@@H]1[C@@H](O)[C@@H](O[C@H]2O[C@H](CO)[C@@H](O)[C@H](O)[C@H]2O)O[C@H](CO)[C@H]1O)C(=O)O. The number of aliphatic carboxylic acids is 1. The molecule has 10 N–H and O–H groups in total. The van der Waals surface area contributed by atoms with Gasteiger partial charge in [-0.3, -0.25) is 9.59 Å². The maximum atomic E-state index is 12.0. The Balaban J connectivity index is 2.08. The molecule has 0 bridgehead atoms. The Kier molecular flexibility index (Phi) is 9.68. The van der Waals surface area contributed by atoms with Crippen molar-refractivity contribution >= 4 is 11.9 Å². The van der Waals surface area contributed by atoms with Gasteiger partial charge >= 0.3 is 11.9 Å². The second-order valence-corrected chi connectivity index (χ2v) is 7.48. The molecular formula is C17H29NO14. The van der Waals surface area contributed by atoms with E-state index in [4.69, 9.17) is 29.8 Å². The lowest BCUT2D eigenvalue weighted by atomic mass is 9.98. The van der Waals surface area contributed by atoms with Crippen LogP contribution in [0.1, 0.15) is 12.8 Å². The molecule has 2 rings (SSSR count). The molecule has 2 fully saturated rings. The number of hydrogen-bond donors (Lipinski definition) is 9. The lowest BCUT2D eigenvalue weighted by Gasteiger charge is -2.45. The van der Waals surface area contributed by atoms with Crippen molar-refractivity contribution in [3.63, 3.8) is 0 Å². The van der Waals surface area contributed by atoms with Gasteiger partial charge in [-0.2, -0.15) is 0 Å². The molecule has 0 radical (unpaired) electrons. The van der Waals surface area contributed by atoms with Crippen LogP contribution in [0.5, 0.6) is 0 Å².